The summed E-state index contributed by atoms with van der Waals surface area (Å²) in [6.45, 7) is 0. The van der Waals surface area contributed by atoms with Crippen molar-refractivity contribution < 1.29 is 4.42 Å². The van der Waals surface area contributed by atoms with E-state index in [0.29, 0.717) is 10.6 Å². The van der Waals surface area contributed by atoms with E-state index >= 15 is 0 Å². The fourth-order valence-electron chi connectivity index (χ4n) is 1.78. The van der Waals surface area contributed by atoms with E-state index in [1.54, 1.807) is 6.07 Å². The van der Waals surface area contributed by atoms with Crippen LogP contribution in [0, 0.1) is 0 Å². The molecule has 0 aliphatic carbocycles. The van der Waals surface area contributed by atoms with Gasteiger partial charge in [0, 0.05) is 16.5 Å². The third kappa shape index (κ3) is 1.48. The molecule has 3 rings (SSSR count). The maximum absolute atomic E-state index is 11.1. The standard InChI is InChI=1S/C13H7ClO2/c14-11-3-1-8-5-9-2-4-13(15)16-12(9)7-10(8)6-11/h1-7H. The predicted molar refractivity (Wildman–Crippen MR) is 65.0 cm³/mol. The Hall–Kier alpha value is -1.80. The Morgan fingerprint density at radius 2 is 1.69 bits per heavy atom. The van der Waals surface area contributed by atoms with Crippen LogP contribution in [-0.4, -0.2) is 0 Å². The fourth-order valence-corrected chi connectivity index (χ4v) is 1.96. The lowest BCUT2D eigenvalue weighted by molar-refractivity contribution is 0.561. The molecule has 0 saturated heterocycles. The summed E-state index contributed by atoms with van der Waals surface area (Å²) in [7, 11) is 0. The molecule has 0 saturated carbocycles. The van der Waals surface area contributed by atoms with Crippen molar-refractivity contribution in [1.29, 1.82) is 0 Å². The van der Waals surface area contributed by atoms with Crippen LogP contribution >= 0.6 is 11.6 Å². The van der Waals surface area contributed by atoms with Crippen molar-refractivity contribution in [2.24, 2.45) is 0 Å². The van der Waals surface area contributed by atoms with E-state index in [-0.39, 0.29) is 5.63 Å². The van der Waals surface area contributed by atoms with E-state index in [4.69, 9.17) is 16.0 Å². The predicted octanol–water partition coefficient (Wildman–Crippen LogP) is 3.60. The first-order valence-corrected chi connectivity index (χ1v) is 5.23. The van der Waals surface area contributed by atoms with E-state index < -0.39 is 0 Å². The maximum atomic E-state index is 11.1. The molecule has 2 nitrogen and oxygen atoms in total. The van der Waals surface area contributed by atoms with Crippen molar-refractivity contribution in [2.75, 3.05) is 0 Å². The van der Waals surface area contributed by atoms with Crippen molar-refractivity contribution in [3.8, 4) is 0 Å². The molecule has 0 N–H and O–H groups in total. The van der Waals surface area contributed by atoms with Gasteiger partial charge in [-0.3, -0.25) is 0 Å². The zero-order valence-electron chi connectivity index (χ0n) is 8.24. The summed E-state index contributed by atoms with van der Waals surface area (Å²) >= 11 is 5.91. The Labute approximate surface area is 96.1 Å². The summed E-state index contributed by atoms with van der Waals surface area (Å²) in [5.74, 6) is 0. The first kappa shape index (κ1) is 9.43. The first-order valence-electron chi connectivity index (χ1n) is 4.85. The smallest absolute Gasteiger partial charge is 0.336 e. The summed E-state index contributed by atoms with van der Waals surface area (Å²) in [5.41, 5.74) is 0.246. The number of halogens is 1. The summed E-state index contributed by atoms with van der Waals surface area (Å²) in [4.78, 5) is 11.1. The van der Waals surface area contributed by atoms with Gasteiger partial charge < -0.3 is 4.42 Å². The molecule has 1 heterocycles. The molecule has 16 heavy (non-hydrogen) atoms. The Balaban J connectivity index is 2.49. The zero-order chi connectivity index (χ0) is 11.1. The normalized spacial score (nSPS) is 11.1. The van der Waals surface area contributed by atoms with Crippen molar-refractivity contribution in [3.05, 3.63) is 57.9 Å². The van der Waals surface area contributed by atoms with Crippen molar-refractivity contribution in [2.45, 2.75) is 0 Å². The molecule has 0 atom stereocenters. The fraction of sp³-hybridized carbons (Fsp3) is 0. The number of benzene rings is 2. The second-order valence-electron chi connectivity index (χ2n) is 3.64. The highest BCUT2D eigenvalue weighted by molar-refractivity contribution is 6.31. The molecule has 0 radical (unpaired) electrons. The highest BCUT2D eigenvalue weighted by Gasteiger charge is 2.01. The second-order valence-corrected chi connectivity index (χ2v) is 4.07. The summed E-state index contributed by atoms with van der Waals surface area (Å²) in [6.07, 6.45) is 0. The Kier molecular flexibility index (Phi) is 1.98. The topological polar surface area (TPSA) is 30.2 Å². The van der Waals surface area contributed by atoms with Gasteiger partial charge in [0.25, 0.3) is 0 Å². The van der Waals surface area contributed by atoms with Gasteiger partial charge in [-0.25, -0.2) is 4.79 Å². The molecule has 3 aromatic rings. The van der Waals surface area contributed by atoms with Crippen molar-refractivity contribution >= 4 is 33.3 Å². The average molecular weight is 231 g/mol. The van der Waals surface area contributed by atoms with Crippen LogP contribution in [0.3, 0.4) is 0 Å². The van der Waals surface area contributed by atoms with E-state index in [0.717, 1.165) is 16.2 Å². The Morgan fingerprint density at radius 3 is 2.56 bits per heavy atom. The number of hydrogen-bond donors (Lipinski definition) is 0. The molecule has 2 aromatic carbocycles. The number of hydrogen-bond acceptors (Lipinski definition) is 2. The molecule has 0 fully saturated rings. The lowest BCUT2D eigenvalue weighted by atomic mass is 10.1. The van der Waals surface area contributed by atoms with E-state index in [2.05, 4.69) is 0 Å². The van der Waals surface area contributed by atoms with Gasteiger partial charge in [-0.2, -0.15) is 0 Å². The molecule has 78 valence electrons. The highest BCUT2D eigenvalue weighted by Crippen LogP contribution is 2.24. The highest BCUT2D eigenvalue weighted by atomic mass is 35.5. The summed E-state index contributed by atoms with van der Waals surface area (Å²) in [5, 5.41) is 3.62. The third-order valence-electron chi connectivity index (χ3n) is 2.54. The van der Waals surface area contributed by atoms with Gasteiger partial charge in [-0.05, 0) is 41.1 Å². The zero-order valence-corrected chi connectivity index (χ0v) is 8.99. The van der Waals surface area contributed by atoms with E-state index in [1.807, 2.05) is 30.3 Å². The molecular formula is C13H7ClO2. The van der Waals surface area contributed by atoms with Gasteiger partial charge >= 0.3 is 5.63 Å². The quantitative estimate of drug-likeness (QED) is 0.436. The molecular weight excluding hydrogens is 224 g/mol. The molecule has 1 aromatic heterocycles. The SMILES string of the molecule is O=c1ccc2cc3ccc(Cl)cc3cc2o1. The summed E-state index contributed by atoms with van der Waals surface area (Å²) in [6, 6.07) is 12.6. The van der Waals surface area contributed by atoms with Gasteiger partial charge in [0.05, 0.1) is 0 Å². The van der Waals surface area contributed by atoms with Crippen LogP contribution in [-0.2, 0) is 0 Å². The lowest BCUT2D eigenvalue weighted by Gasteiger charge is -2.01. The minimum Gasteiger partial charge on any atom is -0.423 e. The van der Waals surface area contributed by atoms with E-state index in [9.17, 15) is 4.79 Å². The van der Waals surface area contributed by atoms with Gasteiger partial charge in [0.2, 0.25) is 0 Å². The van der Waals surface area contributed by atoms with Crippen LogP contribution < -0.4 is 5.63 Å². The van der Waals surface area contributed by atoms with Crippen LogP contribution in [0.5, 0.6) is 0 Å². The third-order valence-corrected chi connectivity index (χ3v) is 2.78. The largest absolute Gasteiger partial charge is 0.423 e. The van der Waals surface area contributed by atoms with Crippen LogP contribution in [0.2, 0.25) is 5.02 Å². The molecule has 0 aliphatic rings. The molecule has 0 spiro atoms. The van der Waals surface area contributed by atoms with Crippen LogP contribution in [0.1, 0.15) is 0 Å². The second kappa shape index (κ2) is 3.35. The summed E-state index contributed by atoms with van der Waals surface area (Å²) < 4.78 is 5.11. The Bertz CT molecular complexity index is 744. The molecule has 0 bridgehead atoms. The average Bonchev–Trinajstić information content (AvgIpc) is 2.26. The van der Waals surface area contributed by atoms with E-state index in [1.165, 1.54) is 6.07 Å². The van der Waals surface area contributed by atoms with Gasteiger partial charge in [0.1, 0.15) is 5.58 Å². The first-order chi connectivity index (χ1) is 7.72. The molecule has 0 amide bonds. The molecule has 0 unspecified atom stereocenters. The number of fused-ring (bicyclic) bond motifs is 2. The van der Waals surface area contributed by atoms with Crippen LogP contribution in [0.15, 0.2) is 51.7 Å². The van der Waals surface area contributed by atoms with Crippen LogP contribution in [0.25, 0.3) is 21.7 Å². The minimum absolute atomic E-state index is 0.339. The number of rotatable bonds is 0. The van der Waals surface area contributed by atoms with Gasteiger partial charge in [-0.15, -0.1) is 0 Å². The van der Waals surface area contributed by atoms with Gasteiger partial charge in [0.15, 0.2) is 0 Å². The van der Waals surface area contributed by atoms with Crippen molar-refractivity contribution in [3.63, 3.8) is 0 Å². The van der Waals surface area contributed by atoms with Crippen molar-refractivity contribution in [1.82, 2.24) is 0 Å². The maximum Gasteiger partial charge on any atom is 0.336 e. The minimum atomic E-state index is -0.339. The lowest BCUT2D eigenvalue weighted by Crippen LogP contribution is -1.93. The molecule has 0 aliphatic heterocycles. The monoisotopic (exact) mass is 230 g/mol. The van der Waals surface area contributed by atoms with Gasteiger partial charge in [-0.1, -0.05) is 17.7 Å². The Morgan fingerprint density at radius 1 is 0.875 bits per heavy atom. The molecule has 3 heteroatoms. The van der Waals surface area contributed by atoms with Crippen LogP contribution in [0.4, 0.5) is 0 Å².